The molecule has 1 aliphatic rings. The Hall–Kier alpha value is -1.33. The van der Waals surface area contributed by atoms with Crippen molar-refractivity contribution in [1.29, 1.82) is 0 Å². The van der Waals surface area contributed by atoms with Crippen LogP contribution in [0.15, 0.2) is 46.8 Å². The Morgan fingerprint density at radius 2 is 1.76 bits per heavy atom. The molecule has 5 heteroatoms. The molecule has 1 aromatic carbocycles. The van der Waals surface area contributed by atoms with E-state index < -0.39 is 9.84 Å². The van der Waals surface area contributed by atoms with Gasteiger partial charge >= 0.3 is 0 Å². The lowest BCUT2D eigenvalue weighted by molar-refractivity contribution is 0.0595. The quantitative estimate of drug-likeness (QED) is 0.813. The van der Waals surface area contributed by atoms with Crippen molar-refractivity contribution in [1.82, 2.24) is 4.90 Å². The Morgan fingerprint density at radius 3 is 2.41 bits per heavy atom. The maximum absolute atomic E-state index is 11.9. The summed E-state index contributed by atoms with van der Waals surface area (Å²) in [4.78, 5) is 2.27. The van der Waals surface area contributed by atoms with Gasteiger partial charge in [-0.15, -0.1) is 0 Å². The molecule has 0 amide bonds. The number of sulfone groups is 1. The highest BCUT2D eigenvalue weighted by Gasteiger charge is 2.11. The van der Waals surface area contributed by atoms with Gasteiger partial charge in [-0.25, -0.2) is 8.42 Å². The monoisotopic (exact) mass is 253 g/mol. The SMILES string of the molecule is O=S(=O)(/C=C/N1CCOCC1)c1ccccc1. The third kappa shape index (κ3) is 3.31. The van der Waals surface area contributed by atoms with Crippen molar-refractivity contribution in [2.45, 2.75) is 4.90 Å². The van der Waals surface area contributed by atoms with Crippen molar-refractivity contribution in [3.8, 4) is 0 Å². The molecule has 0 aliphatic carbocycles. The molecule has 0 radical (unpaired) electrons. The molecule has 2 rings (SSSR count). The van der Waals surface area contributed by atoms with Crippen LogP contribution in [0.1, 0.15) is 0 Å². The number of morpholine rings is 1. The van der Waals surface area contributed by atoms with Crippen LogP contribution >= 0.6 is 0 Å². The molecule has 0 saturated carbocycles. The van der Waals surface area contributed by atoms with Crippen LogP contribution in [-0.2, 0) is 14.6 Å². The van der Waals surface area contributed by atoms with E-state index in [9.17, 15) is 8.42 Å². The summed E-state index contributed by atoms with van der Waals surface area (Å²) < 4.78 is 29.1. The molecule has 1 aliphatic heterocycles. The summed E-state index contributed by atoms with van der Waals surface area (Å²) in [6.07, 6.45) is 1.63. The predicted molar refractivity (Wildman–Crippen MR) is 65.2 cm³/mol. The lowest BCUT2D eigenvalue weighted by Gasteiger charge is -2.24. The molecule has 0 spiro atoms. The van der Waals surface area contributed by atoms with E-state index in [2.05, 4.69) is 0 Å². The molecule has 4 nitrogen and oxygen atoms in total. The number of hydrogen-bond acceptors (Lipinski definition) is 4. The maximum atomic E-state index is 11.9. The van der Waals surface area contributed by atoms with E-state index in [4.69, 9.17) is 4.74 Å². The summed E-state index contributed by atoms with van der Waals surface area (Å²) in [5, 5.41) is 1.26. The Balaban J connectivity index is 2.09. The Bertz CT molecular complexity index is 476. The zero-order valence-electron chi connectivity index (χ0n) is 9.45. The van der Waals surface area contributed by atoms with E-state index in [1.54, 1.807) is 36.5 Å². The minimum Gasteiger partial charge on any atom is -0.378 e. The number of ether oxygens (including phenoxy) is 1. The largest absolute Gasteiger partial charge is 0.378 e. The van der Waals surface area contributed by atoms with Crippen LogP contribution in [0, 0.1) is 0 Å². The van der Waals surface area contributed by atoms with Crippen LogP contribution in [0.2, 0.25) is 0 Å². The van der Waals surface area contributed by atoms with Crippen LogP contribution in [0.25, 0.3) is 0 Å². The van der Waals surface area contributed by atoms with E-state index >= 15 is 0 Å². The van der Waals surface area contributed by atoms with Crippen LogP contribution in [0.5, 0.6) is 0 Å². The summed E-state index contributed by atoms with van der Waals surface area (Å²) in [7, 11) is -3.32. The molecule has 0 unspecified atom stereocenters. The average Bonchev–Trinajstić information content (AvgIpc) is 2.39. The van der Waals surface area contributed by atoms with Crippen molar-refractivity contribution in [2.75, 3.05) is 26.3 Å². The molecule has 0 atom stereocenters. The normalized spacial score (nSPS) is 17.5. The zero-order chi connectivity index (χ0) is 12.1. The van der Waals surface area contributed by atoms with Gasteiger partial charge in [0.2, 0.25) is 9.84 Å². The first-order chi connectivity index (χ1) is 8.18. The second-order valence-electron chi connectivity index (χ2n) is 3.79. The highest BCUT2D eigenvalue weighted by molar-refractivity contribution is 7.94. The predicted octanol–water partition coefficient (Wildman–Crippen LogP) is 1.26. The summed E-state index contributed by atoms with van der Waals surface area (Å²) in [5.74, 6) is 0. The topological polar surface area (TPSA) is 46.6 Å². The molecule has 1 fully saturated rings. The lowest BCUT2D eigenvalue weighted by Crippen LogP contribution is -2.32. The third-order valence-corrected chi connectivity index (χ3v) is 3.98. The van der Waals surface area contributed by atoms with Crippen molar-refractivity contribution < 1.29 is 13.2 Å². The number of hydrogen-bond donors (Lipinski definition) is 0. The Morgan fingerprint density at radius 1 is 1.12 bits per heavy atom. The molecule has 0 N–H and O–H groups in total. The first kappa shape index (κ1) is 12.1. The third-order valence-electron chi connectivity index (χ3n) is 2.57. The van der Waals surface area contributed by atoms with E-state index in [0.717, 1.165) is 13.1 Å². The highest BCUT2D eigenvalue weighted by Crippen LogP contribution is 2.11. The number of nitrogens with zero attached hydrogens (tertiary/aromatic N) is 1. The first-order valence-corrected chi connectivity index (χ1v) is 7.03. The van der Waals surface area contributed by atoms with Gasteiger partial charge in [0.1, 0.15) is 0 Å². The molecule has 1 saturated heterocycles. The van der Waals surface area contributed by atoms with E-state index in [1.807, 2.05) is 4.90 Å². The standard InChI is InChI=1S/C12H15NO3S/c14-17(15,12-4-2-1-3-5-12)11-8-13-6-9-16-10-7-13/h1-5,8,11H,6-7,9-10H2/b11-8+. The van der Waals surface area contributed by atoms with Crippen molar-refractivity contribution >= 4 is 9.84 Å². The van der Waals surface area contributed by atoms with Gasteiger partial charge in [-0.05, 0) is 12.1 Å². The maximum Gasteiger partial charge on any atom is 0.201 e. The fourth-order valence-electron chi connectivity index (χ4n) is 1.58. The van der Waals surface area contributed by atoms with Gasteiger partial charge < -0.3 is 9.64 Å². The molecule has 1 heterocycles. The van der Waals surface area contributed by atoms with E-state index in [-0.39, 0.29) is 0 Å². The van der Waals surface area contributed by atoms with Gasteiger partial charge in [-0.2, -0.15) is 0 Å². The van der Waals surface area contributed by atoms with Crippen molar-refractivity contribution in [3.05, 3.63) is 41.9 Å². The van der Waals surface area contributed by atoms with E-state index in [0.29, 0.717) is 18.1 Å². The molecule has 0 bridgehead atoms. The second-order valence-corrected chi connectivity index (χ2v) is 5.63. The fraction of sp³-hybridized carbons (Fsp3) is 0.333. The van der Waals surface area contributed by atoms with Crippen LogP contribution < -0.4 is 0 Å². The smallest absolute Gasteiger partial charge is 0.201 e. The van der Waals surface area contributed by atoms with Crippen LogP contribution in [0.4, 0.5) is 0 Å². The zero-order valence-corrected chi connectivity index (χ0v) is 10.3. The lowest BCUT2D eigenvalue weighted by atomic mass is 10.4. The van der Waals surface area contributed by atoms with Crippen molar-refractivity contribution in [2.24, 2.45) is 0 Å². The van der Waals surface area contributed by atoms with Gasteiger partial charge in [0, 0.05) is 19.3 Å². The summed E-state index contributed by atoms with van der Waals surface area (Å²) >= 11 is 0. The first-order valence-electron chi connectivity index (χ1n) is 5.49. The van der Waals surface area contributed by atoms with Crippen molar-refractivity contribution in [3.63, 3.8) is 0 Å². The van der Waals surface area contributed by atoms with Gasteiger partial charge in [0.05, 0.1) is 23.5 Å². The number of benzene rings is 1. The van der Waals surface area contributed by atoms with Crippen LogP contribution in [0.3, 0.4) is 0 Å². The number of rotatable bonds is 3. The van der Waals surface area contributed by atoms with E-state index in [1.165, 1.54) is 5.41 Å². The minimum atomic E-state index is -3.32. The molecule has 1 aromatic rings. The Labute approximate surface area is 101 Å². The average molecular weight is 253 g/mol. The molecule has 17 heavy (non-hydrogen) atoms. The molecular formula is C12H15NO3S. The van der Waals surface area contributed by atoms with Gasteiger partial charge in [0.15, 0.2) is 0 Å². The van der Waals surface area contributed by atoms with Crippen LogP contribution in [-0.4, -0.2) is 39.6 Å². The summed E-state index contributed by atoms with van der Waals surface area (Å²) in [6.45, 7) is 2.77. The van der Waals surface area contributed by atoms with Gasteiger partial charge in [0.25, 0.3) is 0 Å². The van der Waals surface area contributed by atoms with Gasteiger partial charge in [-0.1, -0.05) is 18.2 Å². The second kappa shape index (κ2) is 5.33. The molecular weight excluding hydrogens is 238 g/mol. The minimum absolute atomic E-state index is 0.324. The molecule has 92 valence electrons. The summed E-state index contributed by atoms with van der Waals surface area (Å²) in [5.41, 5.74) is 0. The Kier molecular flexibility index (Phi) is 3.81. The summed E-state index contributed by atoms with van der Waals surface area (Å²) in [6, 6.07) is 8.42. The highest BCUT2D eigenvalue weighted by atomic mass is 32.2. The molecule has 0 aromatic heterocycles. The van der Waals surface area contributed by atoms with Gasteiger partial charge in [-0.3, -0.25) is 0 Å². The fourth-order valence-corrected chi connectivity index (χ4v) is 2.61.